The number of imidazole rings is 1. The number of rotatable bonds is 5. The van der Waals surface area contributed by atoms with Gasteiger partial charge in [-0.25, -0.2) is 19.3 Å². The molecular formula is C20H15ClFN5. The van der Waals surface area contributed by atoms with Gasteiger partial charge >= 0.3 is 0 Å². The molecular weight excluding hydrogens is 365 g/mol. The predicted molar refractivity (Wildman–Crippen MR) is 104 cm³/mol. The lowest BCUT2D eigenvalue weighted by Crippen LogP contribution is -2.05. The number of benzene rings is 2. The van der Waals surface area contributed by atoms with Crippen molar-refractivity contribution >= 4 is 17.5 Å². The second-order valence-electron chi connectivity index (χ2n) is 5.88. The van der Waals surface area contributed by atoms with Crippen LogP contribution in [-0.2, 0) is 6.54 Å². The first kappa shape index (κ1) is 17.2. The van der Waals surface area contributed by atoms with Crippen LogP contribution in [0.4, 0.5) is 10.3 Å². The molecule has 27 heavy (non-hydrogen) atoms. The first-order valence-corrected chi connectivity index (χ1v) is 8.68. The Morgan fingerprint density at radius 3 is 2.48 bits per heavy atom. The maximum Gasteiger partial charge on any atom is 0.223 e. The van der Waals surface area contributed by atoms with E-state index in [4.69, 9.17) is 11.6 Å². The second kappa shape index (κ2) is 7.55. The summed E-state index contributed by atoms with van der Waals surface area (Å²) < 4.78 is 13.0. The van der Waals surface area contributed by atoms with Crippen molar-refractivity contribution in [2.45, 2.75) is 6.54 Å². The van der Waals surface area contributed by atoms with E-state index in [1.165, 1.54) is 12.1 Å². The molecule has 2 N–H and O–H groups in total. The molecule has 4 aromatic rings. The van der Waals surface area contributed by atoms with Crippen molar-refractivity contribution < 1.29 is 4.39 Å². The van der Waals surface area contributed by atoms with Crippen LogP contribution in [0, 0.1) is 5.82 Å². The number of hydrogen-bond acceptors (Lipinski definition) is 4. The largest absolute Gasteiger partial charge is 0.350 e. The lowest BCUT2D eigenvalue weighted by molar-refractivity contribution is 0.627. The van der Waals surface area contributed by atoms with Crippen LogP contribution in [0.25, 0.3) is 22.6 Å². The molecule has 2 heterocycles. The summed E-state index contributed by atoms with van der Waals surface area (Å²) in [5.41, 5.74) is 3.36. The van der Waals surface area contributed by atoms with Crippen molar-refractivity contribution in [2.24, 2.45) is 0 Å². The monoisotopic (exact) mass is 379 g/mol. The highest BCUT2D eigenvalue weighted by molar-refractivity contribution is 6.30. The molecule has 0 unspecified atom stereocenters. The van der Waals surface area contributed by atoms with Crippen molar-refractivity contribution in [1.82, 2.24) is 19.9 Å². The fourth-order valence-corrected chi connectivity index (χ4v) is 2.79. The number of H-pyrrole nitrogens is 1. The normalized spacial score (nSPS) is 10.7. The molecule has 2 aromatic carbocycles. The summed E-state index contributed by atoms with van der Waals surface area (Å²) in [6, 6.07) is 13.7. The average molecular weight is 380 g/mol. The van der Waals surface area contributed by atoms with E-state index in [2.05, 4.69) is 25.3 Å². The van der Waals surface area contributed by atoms with E-state index >= 15 is 0 Å². The number of hydrogen-bond donors (Lipinski definition) is 2. The van der Waals surface area contributed by atoms with E-state index in [1.54, 1.807) is 30.7 Å². The molecule has 0 fully saturated rings. The minimum atomic E-state index is -0.261. The highest BCUT2D eigenvalue weighted by atomic mass is 35.5. The maximum atomic E-state index is 13.0. The minimum Gasteiger partial charge on any atom is -0.350 e. The van der Waals surface area contributed by atoms with Crippen LogP contribution in [0.3, 0.4) is 0 Å². The van der Waals surface area contributed by atoms with E-state index in [9.17, 15) is 4.39 Å². The van der Waals surface area contributed by atoms with E-state index in [0.29, 0.717) is 23.3 Å². The fraction of sp³-hybridized carbons (Fsp3) is 0.0500. The first-order chi connectivity index (χ1) is 13.2. The van der Waals surface area contributed by atoms with Gasteiger partial charge in [-0.1, -0.05) is 35.9 Å². The molecule has 2 aromatic heterocycles. The molecule has 134 valence electrons. The van der Waals surface area contributed by atoms with Gasteiger partial charge in [-0.3, -0.25) is 0 Å². The van der Waals surface area contributed by atoms with Crippen LogP contribution >= 0.6 is 11.6 Å². The summed E-state index contributed by atoms with van der Waals surface area (Å²) in [7, 11) is 0. The molecule has 0 aliphatic heterocycles. The zero-order valence-electron chi connectivity index (χ0n) is 14.2. The van der Waals surface area contributed by atoms with Crippen LogP contribution < -0.4 is 5.32 Å². The summed E-state index contributed by atoms with van der Waals surface area (Å²) >= 11 is 6.01. The second-order valence-corrected chi connectivity index (χ2v) is 6.32. The van der Waals surface area contributed by atoms with Crippen molar-refractivity contribution in [2.75, 3.05) is 5.32 Å². The highest BCUT2D eigenvalue weighted by Gasteiger charge is 2.13. The minimum absolute atomic E-state index is 0.261. The summed E-state index contributed by atoms with van der Waals surface area (Å²) in [4.78, 5) is 16.4. The Kier molecular flexibility index (Phi) is 4.80. The summed E-state index contributed by atoms with van der Waals surface area (Å²) in [5.74, 6) is 0.896. The Bertz CT molecular complexity index is 1030. The van der Waals surface area contributed by atoms with Gasteiger partial charge in [-0.05, 0) is 29.8 Å². The molecule has 0 aliphatic carbocycles. The molecule has 0 saturated carbocycles. The summed E-state index contributed by atoms with van der Waals surface area (Å²) in [6.07, 6.45) is 5.16. The Labute approximate surface area is 160 Å². The Morgan fingerprint density at radius 1 is 1.00 bits per heavy atom. The van der Waals surface area contributed by atoms with Crippen molar-refractivity contribution in [3.05, 3.63) is 83.5 Å². The third-order valence-electron chi connectivity index (χ3n) is 4.02. The van der Waals surface area contributed by atoms with E-state index in [1.807, 2.05) is 24.3 Å². The lowest BCUT2D eigenvalue weighted by Gasteiger charge is -2.11. The van der Waals surface area contributed by atoms with Crippen LogP contribution in [0.15, 0.2) is 67.1 Å². The van der Waals surface area contributed by atoms with Gasteiger partial charge in [-0.2, -0.15) is 0 Å². The van der Waals surface area contributed by atoms with Crippen LogP contribution in [0.1, 0.15) is 5.56 Å². The topological polar surface area (TPSA) is 66.5 Å². The summed E-state index contributed by atoms with van der Waals surface area (Å²) in [5, 5.41) is 3.83. The molecule has 7 heteroatoms. The molecule has 0 aliphatic rings. The molecule has 0 radical (unpaired) electrons. The number of halogens is 2. The molecule has 0 amide bonds. The van der Waals surface area contributed by atoms with Crippen molar-refractivity contribution in [3.8, 4) is 22.6 Å². The number of aromatic nitrogens is 4. The highest BCUT2D eigenvalue weighted by Crippen LogP contribution is 2.29. The average Bonchev–Trinajstić information content (AvgIpc) is 3.23. The van der Waals surface area contributed by atoms with Gasteiger partial charge in [-0.15, -0.1) is 0 Å². The van der Waals surface area contributed by atoms with E-state index in [-0.39, 0.29) is 5.82 Å². The van der Waals surface area contributed by atoms with E-state index < -0.39 is 0 Å². The molecule has 5 nitrogen and oxygen atoms in total. The van der Waals surface area contributed by atoms with Gasteiger partial charge in [0.1, 0.15) is 11.6 Å². The maximum absolute atomic E-state index is 13.0. The molecule has 4 rings (SSSR count). The molecule has 0 spiro atoms. The fourth-order valence-electron chi connectivity index (χ4n) is 2.66. The van der Waals surface area contributed by atoms with Gasteiger partial charge in [0.15, 0.2) is 0 Å². The third-order valence-corrected chi connectivity index (χ3v) is 4.28. The summed E-state index contributed by atoms with van der Waals surface area (Å²) in [6.45, 7) is 0.487. The standard InChI is InChI=1S/C20H15ClFN5/c21-15-5-3-14(4-6-15)18-17(19-23-9-10-24-19)12-26-20(27-18)25-11-13-1-7-16(22)8-2-13/h1-10,12H,11H2,(H,23,24)(H,25,26,27). The Morgan fingerprint density at radius 2 is 1.78 bits per heavy atom. The smallest absolute Gasteiger partial charge is 0.223 e. The van der Waals surface area contributed by atoms with Gasteiger partial charge in [0.25, 0.3) is 0 Å². The van der Waals surface area contributed by atoms with Crippen LogP contribution in [0.2, 0.25) is 5.02 Å². The Hall–Kier alpha value is -3.25. The number of anilines is 1. The third kappa shape index (κ3) is 3.96. The molecule has 0 atom stereocenters. The molecule has 0 bridgehead atoms. The van der Waals surface area contributed by atoms with Gasteiger partial charge < -0.3 is 10.3 Å². The number of nitrogens with one attached hydrogen (secondary N) is 2. The zero-order chi connectivity index (χ0) is 18.6. The quantitative estimate of drug-likeness (QED) is 0.515. The van der Waals surface area contributed by atoms with E-state index in [0.717, 1.165) is 22.4 Å². The van der Waals surface area contributed by atoms with Crippen molar-refractivity contribution in [3.63, 3.8) is 0 Å². The SMILES string of the molecule is Fc1ccc(CNc2ncc(-c3ncc[nH]3)c(-c3ccc(Cl)cc3)n2)cc1. The Balaban J connectivity index is 1.66. The van der Waals surface area contributed by atoms with Gasteiger partial charge in [0.05, 0.1) is 11.3 Å². The lowest BCUT2D eigenvalue weighted by atomic mass is 10.1. The van der Waals surface area contributed by atoms with Crippen LogP contribution in [0.5, 0.6) is 0 Å². The number of nitrogens with zero attached hydrogens (tertiary/aromatic N) is 3. The van der Waals surface area contributed by atoms with Gasteiger partial charge in [0.2, 0.25) is 5.95 Å². The zero-order valence-corrected chi connectivity index (χ0v) is 14.9. The predicted octanol–water partition coefficient (Wildman–Crippen LogP) is 4.94. The molecule has 0 saturated heterocycles. The van der Waals surface area contributed by atoms with Gasteiger partial charge in [0, 0.05) is 35.7 Å². The first-order valence-electron chi connectivity index (χ1n) is 8.30. The van der Waals surface area contributed by atoms with Crippen LogP contribution in [-0.4, -0.2) is 19.9 Å². The number of aromatic amines is 1. The van der Waals surface area contributed by atoms with Crippen molar-refractivity contribution in [1.29, 1.82) is 0 Å².